The maximum Gasteiger partial charge on any atom is 0.129 e. The standard InChI is InChI=1S/C48H62N4O/c1-33-19-24-37(25-20-33)39-26-21-34(2)43(31-39)42-16-7-9-17-45(42)51-40-27-22-36(23-28-40)12-11-29-50-48(49)52-46-32-53-47-18-10-8-15-41(47)35(3)30-44(46)38-13-5-4-6-14-38/h4-5,7,10,13,16,18-19,21-22,24-27,30-31,33-34,42-43,45,48,50-52H,6,8-9,11-12,14-15,17,20,23,28-29,32,49H2,1-3H3/b35-30+,46-44-. The van der Waals surface area contributed by atoms with Gasteiger partial charge in [-0.25, -0.2) is 0 Å². The zero-order chi connectivity index (χ0) is 36.6. The zero-order valence-corrected chi connectivity index (χ0v) is 32.4. The van der Waals surface area contributed by atoms with Crippen LogP contribution in [-0.2, 0) is 4.74 Å². The summed E-state index contributed by atoms with van der Waals surface area (Å²) in [5, 5.41) is 11.2. The molecule has 5 nitrogen and oxygen atoms in total. The first kappa shape index (κ1) is 37.3. The Morgan fingerprint density at radius 3 is 2.58 bits per heavy atom. The molecule has 7 rings (SSSR count). The van der Waals surface area contributed by atoms with Crippen molar-refractivity contribution in [3.05, 3.63) is 153 Å². The SMILES string of the molecule is C/C1=C\C(C2=CC=CCC2)=C(\NC(N)NCCCC2=CC=C(NC3CCC=CC3C3C=C(C4=CCC(C)C=C4)C=CC3C)CC2)COC2=C1CCC=C2. The van der Waals surface area contributed by atoms with E-state index >= 15 is 0 Å². The van der Waals surface area contributed by atoms with Gasteiger partial charge in [-0.3, -0.25) is 11.1 Å². The second kappa shape index (κ2) is 17.8. The predicted octanol–water partition coefficient (Wildman–Crippen LogP) is 10.1. The normalized spacial score (nSPS) is 31.4. The van der Waals surface area contributed by atoms with Crippen LogP contribution < -0.4 is 21.7 Å². The second-order valence-electron chi connectivity index (χ2n) is 16.1. The van der Waals surface area contributed by atoms with E-state index in [1.165, 1.54) is 51.1 Å². The van der Waals surface area contributed by atoms with E-state index in [0.29, 0.717) is 36.3 Å². The van der Waals surface area contributed by atoms with Crippen molar-refractivity contribution in [2.24, 2.45) is 29.4 Å². The molecule has 280 valence electrons. The molecule has 0 fully saturated rings. The number of hydrogen-bond donors (Lipinski definition) is 4. The van der Waals surface area contributed by atoms with E-state index in [1.54, 1.807) is 0 Å². The Kier molecular flexibility index (Phi) is 12.5. The molecule has 0 aromatic rings. The molecule has 5 N–H and O–H groups in total. The van der Waals surface area contributed by atoms with Crippen molar-refractivity contribution in [2.75, 3.05) is 13.2 Å². The molecule has 1 aliphatic heterocycles. The zero-order valence-electron chi connectivity index (χ0n) is 32.4. The first-order valence-corrected chi connectivity index (χ1v) is 20.6. The molecule has 5 heteroatoms. The number of nitrogens with two attached hydrogens (primary N) is 1. The van der Waals surface area contributed by atoms with Gasteiger partial charge in [0.15, 0.2) is 0 Å². The van der Waals surface area contributed by atoms with Gasteiger partial charge in [0.1, 0.15) is 18.7 Å². The summed E-state index contributed by atoms with van der Waals surface area (Å²) < 4.78 is 6.40. The summed E-state index contributed by atoms with van der Waals surface area (Å²) in [7, 11) is 0. The second-order valence-corrected chi connectivity index (χ2v) is 16.1. The fraction of sp³-hybridized carbons (Fsp3) is 0.458. The summed E-state index contributed by atoms with van der Waals surface area (Å²) in [6, 6.07) is 0.466. The molecular weight excluding hydrogens is 649 g/mol. The minimum Gasteiger partial charge on any atom is -0.487 e. The van der Waals surface area contributed by atoms with Gasteiger partial charge in [-0.1, -0.05) is 98.4 Å². The topological polar surface area (TPSA) is 71.3 Å². The van der Waals surface area contributed by atoms with Gasteiger partial charge in [-0.05, 0) is 148 Å². The van der Waals surface area contributed by atoms with E-state index in [-0.39, 0.29) is 6.29 Å². The fourth-order valence-electron chi connectivity index (χ4n) is 8.89. The summed E-state index contributed by atoms with van der Waals surface area (Å²) in [5.74, 6) is 3.17. The van der Waals surface area contributed by atoms with Crippen molar-refractivity contribution in [2.45, 2.75) is 104 Å². The number of nitrogens with one attached hydrogen (secondary N) is 3. The lowest BCUT2D eigenvalue weighted by Gasteiger charge is -2.38. The average molecular weight is 711 g/mol. The van der Waals surface area contributed by atoms with E-state index in [4.69, 9.17) is 10.5 Å². The van der Waals surface area contributed by atoms with Crippen molar-refractivity contribution < 1.29 is 4.74 Å². The quantitative estimate of drug-likeness (QED) is 0.0922. The summed E-state index contributed by atoms with van der Waals surface area (Å²) in [6.45, 7) is 8.24. The highest BCUT2D eigenvalue weighted by Crippen LogP contribution is 2.39. The Labute approximate surface area is 319 Å². The van der Waals surface area contributed by atoms with Crippen LogP contribution in [0.25, 0.3) is 0 Å². The van der Waals surface area contributed by atoms with Gasteiger partial charge in [-0.2, -0.15) is 0 Å². The van der Waals surface area contributed by atoms with Crippen LogP contribution in [0.2, 0.25) is 0 Å². The third kappa shape index (κ3) is 9.55. The van der Waals surface area contributed by atoms with E-state index in [1.807, 2.05) is 0 Å². The van der Waals surface area contributed by atoms with E-state index < -0.39 is 0 Å². The summed E-state index contributed by atoms with van der Waals surface area (Å²) in [5.41, 5.74) is 18.6. The average Bonchev–Trinajstić information content (AvgIpc) is 3.18. The molecule has 6 atom stereocenters. The van der Waals surface area contributed by atoms with Gasteiger partial charge in [-0.15, -0.1) is 0 Å². The fourth-order valence-corrected chi connectivity index (χ4v) is 8.89. The third-order valence-electron chi connectivity index (χ3n) is 12.1. The van der Waals surface area contributed by atoms with Crippen LogP contribution in [0.3, 0.4) is 0 Å². The lowest BCUT2D eigenvalue weighted by molar-refractivity contribution is 0.235. The Balaban J connectivity index is 0.918. The molecular formula is C48H62N4O. The van der Waals surface area contributed by atoms with Gasteiger partial charge in [0.05, 0.1) is 5.70 Å². The summed E-state index contributed by atoms with van der Waals surface area (Å²) >= 11 is 0. The highest BCUT2D eigenvalue weighted by Gasteiger charge is 2.33. The Bertz CT molecular complexity index is 1780. The number of allylic oxidation sites excluding steroid dienone is 23. The number of hydrogen-bond acceptors (Lipinski definition) is 5. The highest BCUT2D eigenvalue weighted by atomic mass is 16.5. The van der Waals surface area contributed by atoms with Crippen molar-refractivity contribution in [3.63, 3.8) is 0 Å². The van der Waals surface area contributed by atoms with Gasteiger partial charge in [0, 0.05) is 23.2 Å². The molecule has 0 radical (unpaired) electrons. The van der Waals surface area contributed by atoms with Crippen LogP contribution in [0.15, 0.2) is 153 Å². The highest BCUT2D eigenvalue weighted by molar-refractivity contribution is 5.53. The Morgan fingerprint density at radius 2 is 1.77 bits per heavy atom. The molecule has 0 aromatic heterocycles. The molecule has 6 unspecified atom stereocenters. The predicted molar refractivity (Wildman–Crippen MR) is 222 cm³/mol. The van der Waals surface area contributed by atoms with Gasteiger partial charge in [0.2, 0.25) is 0 Å². The maximum atomic E-state index is 6.66. The largest absolute Gasteiger partial charge is 0.487 e. The van der Waals surface area contributed by atoms with E-state index in [9.17, 15) is 0 Å². The van der Waals surface area contributed by atoms with Crippen LogP contribution in [0.4, 0.5) is 0 Å². The van der Waals surface area contributed by atoms with Gasteiger partial charge in [0.25, 0.3) is 0 Å². The minimum atomic E-state index is -0.354. The summed E-state index contributed by atoms with van der Waals surface area (Å²) in [6.07, 6.45) is 49.1. The Hall–Kier alpha value is -4.06. The van der Waals surface area contributed by atoms with Crippen molar-refractivity contribution in [1.29, 1.82) is 0 Å². The lowest BCUT2D eigenvalue weighted by atomic mass is 9.71. The number of rotatable bonds is 12. The molecule has 0 bridgehead atoms. The van der Waals surface area contributed by atoms with Crippen LogP contribution >= 0.6 is 0 Å². The van der Waals surface area contributed by atoms with Crippen LogP contribution in [-0.4, -0.2) is 25.5 Å². The minimum absolute atomic E-state index is 0.354. The molecule has 0 saturated carbocycles. The lowest BCUT2D eigenvalue weighted by Crippen LogP contribution is -2.50. The first-order valence-electron chi connectivity index (χ1n) is 20.6. The van der Waals surface area contributed by atoms with Crippen molar-refractivity contribution in [1.82, 2.24) is 16.0 Å². The molecule has 53 heavy (non-hydrogen) atoms. The first-order chi connectivity index (χ1) is 25.9. The van der Waals surface area contributed by atoms with E-state index in [0.717, 1.165) is 82.2 Å². The van der Waals surface area contributed by atoms with Crippen molar-refractivity contribution in [3.8, 4) is 0 Å². The number of ether oxygens (including phenoxy) is 1. The maximum absolute atomic E-state index is 6.66. The molecule has 0 saturated heterocycles. The smallest absolute Gasteiger partial charge is 0.129 e. The van der Waals surface area contributed by atoms with Gasteiger partial charge < -0.3 is 15.4 Å². The molecule has 0 aromatic carbocycles. The van der Waals surface area contributed by atoms with Crippen LogP contribution in [0.1, 0.15) is 91.4 Å². The summed E-state index contributed by atoms with van der Waals surface area (Å²) in [4.78, 5) is 0. The molecule has 0 amide bonds. The molecule has 7 aliphatic rings. The molecule has 6 aliphatic carbocycles. The molecule has 1 heterocycles. The van der Waals surface area contributed by atoms with E-state index in [2.05, 4.69) is 134 Å². The van der Waals surface area contributed by atoms with Gasteiger partial charge >= 0.3 is 0 Å². The Morgan fingerprint density at radius 1 is 0.887 bits per heavy atom. The van der Waals surface area contributed by atoms with Crippen LogP contribution in [0, 0.1) is 23.7 Å². The monoisotopic (exact) mass is 710 g/mol. The molecule has 0 spiro atoms. The van der Waals surface area contributed by atoms with Crippen molar-refractivity contribution >= 4 is 0 Å². The third-order valence-corrected chi connectivity index (χ3v) is 12.1. The van der Waals surface area contributed by atoms with Crippen LogP contribution in [0.5, 0.6) is 0 Å².